The van der Waals surface area contributed by atoms with E-state index < -0.39 is 12.1 Å². The van der Waals surface area contributed by atoms with Crippen LogP contribution in [0.2, 0.25) is 0 Å². The summed E-state index contributed by atoms with van der Waals surface area (Å²) in [5.74, 6) is -0.174. The van der Waals surface area contributed by atoms with E-state index in [9.17, 15) is 4.79 Å². The van der Waals surface area contributed by atoms with Crippen molar-refractivity contribution in [3.05, 3.63) is 50.1 Å². The zero-order valence-electron chi connectivity index (χ0n) is 13.0. The van der Waals surface area contributed by atoms with Crippen LogP contribution in [0, 0.1) is 6.92 Å². The number of aryl methyl sites for hydroxylation is 1. The molecule has 0 saturated carbocycles. The molecule has 0 saturated heterocycles. The summed E-state index contributed by atoms with van der Waals surface area (Å²) >= 11 is 5.13. The molecular formula is C17H19BrO4S. The molecule has 23 heavy (non-hydrogen) atoms. The molecule has 1 N–H and O–H groups in total. The number of carbonyl (C=O) groups is 1. The smallest absolute Gasteiger partial charge is 0.333 e. The van der Waals surface area contributed by atoms with Gasteiger partial charge < -0.3 is 14.6 Å². The molecule has 2 aromatic rings. The zero-order chi connectivity index (χ0) is 16.8. The maximum Gasteiger partial charge on any atom is 0.333 e. The van der Waals surface area contributed by atoms with Gasteiger partial charge in [0.05, 0.1) is 3.79 Å². The van der Waals surface area contributed by atoms with E-state index in [1.54, 1.807) is 18.3 Å². The molecule has 124 valence electrons. The van der Waals surface area contributed by atoms with Crippen LogP contribution in [0.3, 0.4) is 0 Å². The van der Waals surface area contributed by atoms with Crippen LogP contribution in [0.25, 0.3) is 0 Å². The number of carboxylic acid groups (broad SMARTS) is 1. The fourth-order valence-corrected chi connectivity index (χ4v) is 3.86. The summed E-state index contributed by atoms with van der Waals surface area (Å²) in [5.41, 5.74) is 2.12. The number of hydrogen-bond donors (Lipinski definition) is 1. The highest BCUT2D eigenvalue weighted by molar-refractivity contribution is 9.11. The van der Waals surface area contributed by atoms with Crippen molar-refractivity contribution in [2.24, 2.45) is 0 Å². The monoisotopic (exact) mass is 398 g/mol. The Balaban J connectivity index is 1.93. The summed E-state index contributed by atoms with van der Waals surface area (Å²) in [6.07, 6.45) is -0.460. The van der Waals surface area contributed by atoms with Crippen molar-refractivity contribution in [1.29, 1.82) is 0 Å². The maximum absolute atomic E-state index is 11.1. The molecular weight excluding hydrogens is 380 g/mol. The molecule has 0 aliphatic heterocycles. The molecule has 0 fully saturated rings. The van der Waals surface area contributed by atoms with Crippen LogP contribution >= 0.6 is 27.3 Å². The molecule has 0 aliphatic carbocycles. The minimum atomic E-state index is -0.939. The molecule has 0 amide bonds. The number of ether oxygens (including phenoxy) is 2. The average Bonchev–Trinajstić information content (AvgIpc) is 2.84. The highest BCUT2D eigenvalue weighted by Crippen LogP contribution is 2.27. The van der Waals surface area contributed by atoms with Gasteiger partial charge >= 0.3 is 5.97 Å². The number of halogens is 1. The van der Waals surface area contributed by atoms with E-state index in [2.05, 4.69) is 28.9 Å². The van der Waals surface area contributed by atoms with Gasteiger partial charge in [0.25, 0.3) is 0 Å². The SMILES string of the molecule is CCO[C@@H](Cc1ccc(OCc2sc(Br)cc2C)cc1)C(=O)O. The Morgan fingerprint density at radius 1 is 1.35 bits per heavy atom. The van der Waals surface area contributed by atoms with Gasteiger partial charge in [-0.25, -0.2) is 4.79 Å². The van der Waals surface area contributed by atoms with E-state index >= 15 is 0 Å². The van der Waals surface area contributed by atoms with E-state index in [1.165, 1.54) is 10.4 Å². The lowest BCUT2D eigenvalue weighted by Crippen LogP contribution is -2.26. The summed E-state index contributed by atoms with van der Waals surface area (Å²) in [4.78, 5) is 12.3. The summed E-state index contributed by atoms with van der Waals surface area (Å²) in [7, 11) is 0. The second-order valence-corrected chi connectivity index (χ2v) is 7.59. The Hall–Kier alpha value is -1.37. The molecule has 0 unspecified atom stereocenters. The van der Waals surface area contributed by atoms with Gasteiger partial charge in [0.1, 0.15) is 12.4 Å². The third-order valence-electron chi connectivity index (χ3n) is 3.35. The lowest BCUT2D eigenvalue weighted by atomic mass is 10.1. The fourth-order valence-electron chi connectivity index (χ4n) is 2.13. The van der Waals surface area contributed by atoms with E-state index in [0.717, 1.165) is 15.1 Å². The first-order valence-corrected chi connectivity index (χ1v) is 8.91. The molecule has 1 aromatic carbocycles. The summed E-state index contributed by atoms with van der Waals surface area (Å²) < 4.78 is 12.1. The highest BCUT2D eigenvalue weighted by atomic mass is 79.9. The molecule has 1 atom stereocenters. The normalized spacial score (nSPS) is 12.1. The molecule has 6 heteroatoms. The third kappa shape index (κ3) is 5.34. The van der Waals surface area contributed by atoms with Crippen LogP contribution in [-0.2, 0) is 22.6 Å². The molecule has 0 aliphatic rings. The van der Waals surface area contributed by atoms with Crippen LogP contribution in [-0.4, -0.2) is 23.8 Å². The second kappa shape index (κ2) is 8.47. The van der Waals surface area contributed by atoms with Crippen molar-refractivity contribution < 1.29 is 19.4 Å². The molecule has 1 heterocycles. The largest absolute Gasteiger partial charge is 0.488 e. The molecule has 4 nitrogen and oxygen atoms in total. The quantitative estimate of drug-likeness (QED) is 0.714. The molecule has 0 spiro atoms. The number of hydrogen-bond acceptors (Lipinski definition) is 4. The molecule has 1 aromatic heterocycles. The van der Waals surface area contributed by atoms with Crippen LogP contribution in [0.1, 0.15) is 22.9 Å². The van der Waals surface area contributed by atoms with Gasteiger partial charge in [-0.1, -0.05) is 12.1 Å². The van der Waals surface area contributed by atoms with E-state index in [4.69, 9.17) is 14.6 Å². The Labute approximate surface area is 148 Å². The van der Waals surface area contributed by atoms with Gasteiger partial charge in [-0.3, -0.25) is 0 Å². The van der Waals surface area contributed by atoms with E-state index in [-0.39, 0.29) is 0 Å². The Morgan fingerprint density at radius 3 is 2.57 bits per heavy atom. The van der Waals surface area contributed by atoms with E-state index in [0.29, 0.717) is 19.6 Å². The predicted octanol–water partition coefficient (Wildman–Crippen LogP) is 4.43. The van der Waals surface area contributed by atoms with Gasteiger partial charge in [-0.05, 0) is 59.1 Å². The topological polar surface area (TPSA) is 55.8 Å². The minimum absolute atomic E-state index is 0.348. The average molecular weight is 399 g/mol. The lowest BCUT2D eigenvalue weighted by Gasteiger charge is -2.12. The van der Waals surface area contributed by atoms with Crippen LogP contribution in [0.4, 0.5) is 0 Å². The van der Waals surface area contributed by atoms with Crippen LogP contribution < -0.4 is 4.74 Å². The maximum atomic E-state index is 11.1. The van der Waals surface area contributed by atoms with Crippen LogP contribution in [0.15, 0.2) is 34.1 Å². The summed E-state index contributed by atoms with van der Waals surface area (Å²) in [6, 6.07) is 9.55. The highest BCUT2D eigenvalue weighted by Gasteiger charge is 2.17. The predicted molar refractivity (Wildman–Crippen MR) is 94.3 cm³/mol. The van der Waals surface area contributed by atoms with Gasteiger partial charge in [0.2, 0.25) is 0 Å². The standard InChI is InChI=1S/C17H19BrO4S/c1-3-21-14(17(19)20)9-12-4-6-13(7-5-12)22-10-15-11(2)8-16(18)23-15/h4-8,14H,3,9-10H2,1-2H3,(H,19,20)/t14-/m0/s1. The lowest BCUT2D eigenvalue weighted by molar-refractivity contribution is -0.149. The van der Waals surface area contributed by atoms with E-state index in [1.807, 2.05) is 24.3 Å². The second-order valence-electron chi connectivity index (χ2n) is 5.08. The van der Waals surface area contributed by atoms with Crippen molar-refractivity contribution in [3.8, 4) is 5.75 Å². The van der Waals surface area contributed by atoms with Crippen molar-refractivity contribution in [3.63, 3.8) is 0 Å². The molecule has 2 rings (SSSR count). The van der Waals surface area contributed by atoms with Gasteiger partial charge in [0, 0.05) is 17.9 Å². The van der Waals surface area contributed by atoms with Crippen molar-refractivity contribution in [2.45, 2.75) is 33.0 Å². The van der Waals surface area contributed by atoms with Crippen molar-refractivity contribution in [1.82, 2.24) is 0 Å². The Kier molecular flexibility index (Phi) is 6.62. The van der Waals surface area contributed by atoms with Crippen molar-refractivity contribution in [2.75, 3.05) is 6.61 Å². The van der Waals surface area contributed by atoms with Gasteiger partial charge in [0.15, 0.2) is 6.10 Å². The number of aliphatic carboxylic acids is 1. The molecule has 0 bridgehead atoms. The van der Waals surface area contributed by atoms with Gasteiger partial charge in [-0.15, -0.1) is 11.3 Å². The number of benzene rings is 1. The third-order valence-corrected chi connectivity index (χ3v) is 5.06. The first-order valence-electron chi connectivity index (χ1n) is 7.30. The first kappa shape index (κ1) is 18.0. The van der Waals surface area contributed by atoms with Crippen molar-refractivity contribution >= 4 is 33.2 Å². The number of thiophene rings is 1. The molecule has 0 radical (unpaired) electrons. The zero-order valence-corrected chi connectivity index (χ0v) is 15.4. The van der Waals surface area contributed by atoms with Gasteiger partial charge in [-0.2, -0.15) is 0 Å². The van der Waals surface area contributed by atoms with Crippen LogP contribution in [0.5, 0.6) is 5.75 Å². The number of carboxylic acids is 1. The first-order chi connectivity index (χ1) is 11.0. The number of rotatable bonds is 8. The Bertz CT molecular complexity index is 651. The Morgan fingerprint density at radius 2 is 2.04 bits per heavy atom. The summed E-state index contributed by atoms with van der Waals surface area (Å²) in [5, 5.41) is 9.11. The summed E-state index contributed by atoms with van der Waals surface area (Å²) in [6.45, 7) is 4.76. The fraction of sp³-hybridized carbons (Fsp3) is 0.353. The minimum Gasteiger partial charge on any atom is -0.488 e.